The molecule has 3 aromatic rings. The molecule has 1 atom stereocenters. The van der Waals surface area contributed by atoms with Crippen LogP contribution in [0.5, 0.6) is 0 Å². The zero-order valence-corrected chi connectivity index (χ0v) is 19.3. The first-order chi connectivity index (χ1) is 15.8. The van der Waals surface area contributed by atoms with Gasteiger partial charge in [0.05, 0.1) is 22.3 Å². The molecule has 0 fully saturated rings. The summed E-state index contributed by atoms with van der Waals surface area (Å²) < 4.78 is 13.7. The summed E-state index contributed by atoms with van der Waals surface area (Å²) in [6, 6.07) is 17.0. The lowest BCUT2D eigenvalue weighted by molar-refractivity contribution is -0.113. The Morgan fingerprint density at radius 3 is 2.36 bits per heavy atom. The van der Waals surface area contributed by atoms with Gasteiger partial charge < -0.3 is 10.6 Å². The Balaban J connectivity index is 1.83. The lowest BCUT2D eigenvalue weighted by Crippen LogP contribution is -2.48. The molecule has 1 heterocycles. The van der Waals surface area contributed by atoms with E-state index in [4.69, 9.17) is 23.2 Å². The average Bonchev–Trinajstić information content (AvgIpc) is 2.77. The zero-order chi connectivity index (χ0) is 23.7. The van der Waals surface area contributed by atoms with Crippen LogP contribution < -0.4 is 15.5 Å². The van der Waals surface area contributed by atoms with Crippen LogP contribution in [0.2, 0.25) is 10.0 Å². The maximum atomic E-state index is 13.7. The maximum Gasteiger partial charge on any atom is 0.327 e. The summed E-state index contributed by atoms with van der Waals surface area (Å²) in [4.78, 5) is 27.9. The molecule has 0 spiro atoms. The monoisotopic (exact) mass is 483 g/mol. The van der Waals surface area contributed by atoms with Gasteiger partial charge in [-0.25, -0.2) is 9.18 Å². The van der Waals surface area contributed by atoms with Crippen molar-refractivity contribution in [2.75, 3.05) is 10.2 Å². The van der Waals surface area contributed by atoms with Crippen LogP contribution in [-0.4, -0.2) is 11.9 Å². The van der Waals surface area contributed by atoms with E-state index in [-0.39, 0.29) is 5.02 Å². The molecule has 1 unspecified atom stereocenters. The van der Waals surface area contributed by atoms with E-state index in [9.17, 15) is 14.0 Å². The third-order valence-corrected chi connectivity index (χ3v) is 6.05. The standard InChI is InChI=1S/C25H20Cl2FN3O2/c1-14-7-9-16(10-8-14)29-24(32)22-15(2)31(17-11-12-21(28)20(27)13-17)25(33)30-23(22)18-5-3-4-6-19(18)26/h3-13,23H,1-2H3,(H,29,32)(H,30,33). The number of amides is 3. The van der Waals surface area contributed by atoms with Crippen molar-refractivity contribution < 1.29 is 14.0 Å². The van der Waals surface area contributed by atoms with Gasteiger partial charge >= 0.3 is 6.03 Å². The third-order valence-electron chi connectivity index (χ3n) is 5.42. The summed E-state index contributed by atoms with van der Waals surface area (Å²) in [6.07, 6.45) is 0. The number of hydrogen-bond donors (Lipinski definition) is 2. The van der Waals surface area contributed by atoms with Crippen molar-refractivity contribution in [3.63, 3.8) is 0 Å². The van der Waals surface area contributed by atoms with Gasteiger partial charge in [0.2, 0.25) is 0 Å². The highest BCUT2D eigenvalue weighted by atomic mass is 35.5. The van der Waals surface area contributed by atoms with Crippen LogP contribution in [0.25, 0.3) is 0 Å². The normalized spacial score (nSPS) is 16.0. The molecule has 8 heteroatoms. The minimum Gasteiger partial charge on any atom is -0.326 e. The van der Waals surface area contributed by atoms with Crippen LogP contribution in [0.3, 0.4) is 0 Å². The van der Waals surface area contributed by atoms with Gasteiger partial charge in [-0.05, 0) is 55.8 Å². The van der Waals surface area contributed by atoms with Gasteiger partial charge in [0.25, 0.3) is 5.91 Å². The van der Waals surface area contributed by atoms with E-state index in [2.05, 4.69) is 10.6 Å². The van der Waals surface area contributed by atoms with Gasteiger partial charge in [0.15, 0.2) is 0 Å². The van der Waals surface area contributed by atoms with Crippen molar-refractivity contribution in [1.29, 1.82) is 0 Å². The predicted molar refractivity (Wildman–Crippen MR) is 129 cm³/mol. The van der Waals surface area contributed by atoms with Crippen LogP contribution >= 0.6 is 23.2 Å². The number of hydrogen-bond acceptors (Lipinski definition) is 2. The van der Waals surface area contributed by atoms with Crippen molar-refractivity contribution in [3.8, 4) is 0 Å². The summed E-state index contributed by atoms with van der Waals surface area (Å²) in [5.74, 6) is -1.01. The van der Waals surface area contributed by atoms with Crippen LogP contribution in [0.15, 0.2) is 78.0 Å². The predicted octanol–water partition coefficient (Wildman–Crippen LogP) is 6.62. The number of benzene rings is 3. The lowest BCUT2D eigenvalue weighted by atomic mass is 9.93. The minimum absolute atomic E-state index is 0.132. The fourth-order valence-corrected chi connectivity index (χ4v) is 4.17. The summed E-state index contributed by atoms with van der Waals surface area (Å²) in [7, 11) is 0. The highest BCUT2D eigenvalue weighted by Crippen LogP contribution is 2.37. The molecule has 5 nitrogen and oxygen atoms in total. The van der Waals surface area contributed by atoms with Crippen LogP contribution in [0.4, 0.5) is 20.6 Å². The molecule has 0 saturated heterocycles. The number of urea groups is 1. The van der Waals surface area contributed by atoms with Gasteiger partial charge in [0.1, 0.15) is 5.82 Å². The molecule has 0 saturated carbocycles. The molecule has 0 aromatic heterocycles. The van der Waals surface area contributed by atoms with E-state index < -0.39 is 23.8 Å². The first-order valence-electron chi connectivity index (χ1n) is 10.1. The second-order valence-electron chi connectivity index (χ2n) is 7.66. The largest absolute Gasteiger partial charge is 0.327 e. The Bertz CT molecular complexity index is 1270. The summed E-state index contributed by atoms with van der Waals surface area (Å²) in [5.41, 5.74) is 3.24. The number of halogens is 3. The number of aryl methyl sites for hydroxylation is 1. The van der Waals surface area contributed by atoms with Crippen molar-refractivity contribution >= 4 is 46.5 Å². The summed E-state index contributed by atoms with van der Waals surface area (Å²) in [6.45, 7) is 3.61. The SMILES string of the molecule is CC1=C(C(=O)Nc2ccc(C)cc2)C(c2ccccc2Cl)NC(=O)N1c1ccc(F)c(Cl)c1. The first kappa shape index (κ1) is 22.8. The number of allylic oxidation sites excluding steroid dienone is 1. The number of rotatable bonds is 4. The Kier molecular flexibility index (Phi) is 6.40. The van der Waals surface area contributed by atoms with E-state index in [1.54, 1.807) is 43.3 Å². The maximum absolute atomic E-state index is 13.7. The number of carbonyl (C=O) groups excluding carboxylic acids is 2. The van der Waals surface area contributed by atoms with Crippen molar-refractivity contribution in [3.05, 3.63) is 105 Å². The van der Waals surface area contributed by atoms with Gasteiger partial charge in [-0.2, -0.15) is 0 Å². The summed E-state index contributed by atoms with van der Waals surface area (Å²) >= 11 is 12.4. The number of carbonyl (C=O) groups is 2. The van der Waals surface area contributed by atoms with Gasteiger partial charge in [-0.15, -0.1) is 0 Å². The Morgan fingerprint density at radius 1 is 1.00 bits per heavy atom. The van der Waals surface area contributed by atoms with E-state index in [1.807, 2.05) is 19.1 Å². The molecular weight excluding hydrogens is 464 g/mol. The lowest BCUT2D eigenvalue weighted by Gasteiger charge is -2.36. The van der Waals surface area contributed by atoms with Gasteiger partial charge in [-0.1, -0.05) is 59.1 Å². The smallest absolute Gasteiger partial charge is 0.326 e. The van der Waals surface area contributed by atoms with Crippen molar-refractivity contribution in [2.45, 2.75) is 19.9 Å². The highest BCUT2D eigenvalue weighted by Gasteiger charge is 2.37. The van der Waals surface area contributed by atoms with Crippen molar-refractivity contribution in [2.24, 2.45) is 0 Å². The second-order valence-corrected chi connectivity index (χ2v) is 8.47. The average molecular weight is 484 g/mol. The van der Waals surface area contributed by atoms with Crippen LogP contribution in [-0.2, 0) is 4.79 Å². The molecular formula is C25H20Cl2FN3O2. The number of nitrogens with zero attached hydrogens (tertiary/aromatic N) is 1. The molecule has 33 heavy (non-hydrogen) atoms. The minimum atomic E-state index is -0.788. The van der Waals surface area contributed by atoms with Gasteiger partial charge in [0, 0.05) is 16.4 Å². The first-order valence-corrected chi connectivity index (χ1v) is 10.9. The van der Waals surface area contributed by atoms with Gasteiger partial charge in [-0.3, -0.25) is 9.69 Å². The van der Waals surface area contributed by atoms with Crippen molar-refractivity contribution in [1.82, 2.24) is 5.32 Å². The molecule has 2 N–H and O–H groups in total. The van der Waals surface area contributed by atoms with E-state index in [0.29, 0.717) is 33.2 Å². The molecule has 3 amide bonds. The zero-order valence-electron chi connectivity index (χ0n) is 17.8. The van der Waals surface area contributed by atoms with E-state index in [1.165, 1.54) is 23.1 Å². The molecule has 1 aliphatic rings. The number of nitrogens with one attached hydrogen (secondary N) is 2. The Morgan fingerprint density at radius 2 is 1.70 bits per heavy atom. The molecule has 0 bridgehead atoms. The fourth-order valence-electron chi connectivity index (χ4n) is 3.75. The molecule has 3 aromatic carbocycles. The van der Waals surface area contributed by atoms with Crippen LogP contribution in [0, 0.1) is 12.7 Å². The quantitative estimate of drug-likeness (QED) is 0.437. The number of anilines is 2. The van der Waals surface area contributed by atoms with E-state index in [0.717, 1.165) is 5.56 Å². The Hall–Kier alpha value is -3.35. The summed E-state index contributed by atoms with van der Waals surface area (Å²) in [5, 5.41) is 6.03. The fraction of sp³-hybridized carbons (Fsp3) is 0.120. The third kappa shape index (κ3) is 4.58. The molecule has 0 aliphatic carbocycles. The second kappa shape index (κ2) is 9.25. The molecule has 0 radical (unpaired) electrons. The highest BCUT2D eigenvalue weighted by molar-refractivity contribution is 6.32. The van der Waals surface area contributed by atoms with E-state index >= 15 is 0 Å². The Labute approximate surface area is 200 Å². The topological polar surface area (TPSA) is 61.4 Å². The molecule has 4 rings (SSSR count). The van der Waals surface area contributed by atoms with Crippen LogP contribution in [0.1, 0.15) is 24.1 Å². The molecule has 168 valence electrons. The molecule has 1 aliphatic heterocycles.